The van der Waals surface area contributed by atoms with Crippen LogP contribution in [0.3, 0.4) is 0 Å². The molecule has 1 aliphatic heterocycles. The van der Waals surface area contributed by atoms with Crippen LogP contribution < -0.4 is 10.5 Å². The summed E-state index contributed by atoms with van der Waals surface area (Å²) in [6.45, 7) is -0.156. The van der Waals surface area contributed by atoms with Gasteiger partial charge < -0.3 is 15.4 Å². The zero-order valence-electron chi connectivity index (χ0n) is 9.86. The summed E-state index contributed by atoms with van der Waals surface area (Å²) in [6.07, 6.45) is 0.737. The normalized spacial score (nSPS) is 19.6. The van der Waals surface area contributed by atoms with Crippen LogP contribution in [0.25, 0.3) is 0 Å². The molecule has 100 valence electrons. The minimum Gasteiger partial charge on any atom is -0.433 e. The highest BCUT2D eigenvalue weighted by atomic mass is 32.1. The van der Waals surface area contributed by atoms with Crippen molar-refractivity contribution in [1.82, 2.24) is 4.90 Å². The van der Waals surface area contributed by atoms with E-state index in [1.54, 1.807) is 11.8 Å². The van der Waals surface area contributed by atoms with Crippen LogP contribution >= 0.6 is 11.3 Å². The molecule has 2 heterocycles. The minimum absolute atomic E-state index is 0.0329. The van der Waals surface area contributed by atoms with Gasteiger partial charge in [0.2, 0.25) is 0 Å². The third kappa shape index (κ3) is 2.78. The molecule has 0 radical (unpaired) electrons. The van der Waals surface area contributed by atoms with Gasteiger partial charge in [-0.3, -0.25) is 4.79 Å². The van der Waals surface area contributed by atoms with Gasteiger partial charge in [0.25, 0.3) is 5.91 Å². The molecule has 1 amide bonds. The van der Waals surface area contributed by atoms with E-state index in [4.69, 9.17) is 5.73 Å². The molecular formula is C11H14F2N2O2S. The lowest BCUT2D eigenvalue weighted by Crippen LogP contribution is -2.31. The minimum atomic E-state index is -2.92. The van der Waals surface area contributed by atoms with Gasteiger partial charge in [-0.2, -0.15) is 8.78 Å². The van der Waals surface area contributed by atoms with Crippen LogP contribution in [0, 0.1) is 6.92 Å². The SMILES string of the molecule is Cc1cc(OC(F)F)c(C(=O)N2CC[C@@H](N)C2)s1. The predicted molar refractivity (Wildman–Crippen MR) is 64.2 cm³/mol. The van der Waals surface area contributed by atoms with E-state index in [9.17, 15) is 13.6 Å². The third-order valence-electron chi connectivity index (χ3n) is 2.74. The van der Waals surface area contributed by atoms with Crippen molar-refractivity contribution >= 4 is 17.2 Å². The summed E-state index contributed by atoms with van der Waals surface area (Å²) in [4.78, 5) is 14.7. The second-order valence-electron chi connectivity index (χ2n) is 4.23. The lowest BCUT2D eigenvalue weighted by Gasteiger charge is -2.15. The Balaban J connectivity index is 2.19. The molecule has 7 heteroatoms. The Morgan fingerprint density at radius 1 is 1.67 bits per heavy atom. The van der Waals surface area contributed by atoms with E-state index in [1.165, 1.54) is 6.07 Å². The number of alkyl halides is 2. The number of thiophene rings is 1. The molecule has 0 aliphatic carbocycles. The van der Waals surface area contributed by atoms with Crippen molar-refractivity contribution in [3.8, 4) is 5.75 Å². The fraction of sp³-hybridized carbons (Fsp3) is 0.545. The topological polar surface area (TPSA) is 55.6 Å². The number of nitrogens with two attached hydrogens (primary N) is 1. The molecule has 1 aliphatic rings. The van der Waals surface area contributed by atoms with Gasteiger partial charge in [0, 0.05) is 24.0 Å². The van der Waals surface area contributed by atoms with Crippen molar-refractivity contribution in [2.75, 3.05) is 13.1 Å². The standard InChI is InChI=1S/C11H14F2N2O2S/c1-6-4-8(17-11(12)13)9(18-6)10(16)15-3-2-7(14)5-15/h4,7,11H,2-3,5,14H2,1H3/t7-/m1/s1. The molecule has 0 bridgehead atoms. The number of amides is 1. The Bertz CT molecular complexity index is 450. The molecule has 0 unspecified atom stereocenters. The van der Waals surface area contributed by atoms with Gasteiger partial charge in [-0.25, -0.2) is 0 Å². The van der Waals surface area contributed by atoms with E-state index < -0.39 is 6.61 Å². The number of rotatable bonds is 3. The highest BCUT2D eigenvalue weighted by Crippen LogP contribution is 2.32. The first-order valence-electron chi connectivity index (χ1n) is 5.57. The summed E-state index contributed by atoms with van der Waals surface area (Å²) in [5, 5.41) is 0. The van der Waals surface area contributed by atoms with Crippen LogP contribution in [0.1, 0.15) is 21.0 Å². The molecule has 1 fully saturated rings. The number of hydrogen-bond donors (Lipinski definition) is 1. The Morgan fingerprint density at radius 3 is 2.94 bits per heavy atom. The first kappa shape index (κ1) is 13.2. The van der Waals surface area contributed by atoms with Crippen LogP contribution in [0.2, 0.25) is 0 Å². The van der Waals surface area contributed by atoms with Crippen LogP contribution in [0.4, 0.5) is 8.78 Å². The largest absolute Gasteiger partial charge is 0.433 e. The maximum atomic E-state index is 12.2. The van der Waals surface area contributed by atoms with E-state index >= 15 is 0 Å². The van der Waals surface area contributed by atoms with Gasteiger partial charge in [0.1, 0.15) is 10.6 Å². The summed E-state index contributed by atoms with van der Waals surface area (Å²) < 4.78 is 28.9. The van der Waals surface area contributed by atoms with Crippen molar-refractivity contribution in [2.24, 2.45) is 5.73 Å². The molecule has 1 aromatic rings. The average Bonchev–Trinajstić information content (AvgIpc) is 2.83. The first-order chi connectivity index (χ1) is 8.47. The second-order valence-corrected chi connectivity index (χ2v) is 5.49. The Kier molecular flexibility index (Phi) is 3.82. The Hall–Kier alpha value is -1.21. The van der Waals surface area contributed by atoms with E-state index in [-0.39, 0.29) is 22.6 Å². The van der Waals surface area contributed by atoms with Gasteiger partial charge >= 0.3 is 6.61 Å². The second kappa shape index (κ2) is 5.19. The molecule has 18 heavy (non-hydrogen) atoms. The molecule has 1 saturated heterocycles. The summed E-state index contributed by atoms with van der Waals surface area (Å²) in [7, 11) is 0. The van der Waals surface area contributed by atoms with Gasteiger partial charge in [0.05, 0.1) is 0 Å². The molecule has 1 aromatic heterocycles. The molecule has 0 spiro atoms. The van der Waals surface area contributed by atoms with Gasteiger partial charge in [-0.1, -0.05) is 0 Å². The molecule has 2 N–H and O–H groups in total. The highest BCUT2D eigenvalue weighted by molar-refractivity contribution is 7.14. The van der Waals surface area contributed by atoms with Crippen molar-refractivity contribution < 1.29 is 18.3 Å². The summed E-state index contributed by atoms with van der Waals surface area (Å²) >= 11 is 1.16. The summed E-state index contributed by atoms with van der Waals surface area (Å²) in [6, 6.07) is 1.43. The number of nitrogens with zero attached hydrogens (tertiary/aromatic N) is 1. The van der Waals surface area contributed by atoms with Gasteiger partial charge in [-0.05, 0) is 19.4 Å². The molecule has 0 saturated carbocycles. The van der Waals surface area contributed by atoms with Crippen molar-refractivity contribution in [3.63, 3.8) is 0 Å². The molecule has 4 nitrogen and oxygen atoms in total. The highest BCUT2D eigenvalue weighted by Gasteiger charge is 2.28. The molecule has 1 atom stereocenters. The number of carbonyl (C=O) groups is 1. The zero-order valence-corrected chi connectivity index (χ0v) is 10.7. The Labute approximate surface area is 107 Å². The fourth-order valence-corrected chi connectivity index (χ4v) is 2.85. The number of halogens is 2. The fourth-order valence-electron chi connectivity index (χ4n) is 1.94. The maximum Gasteiger partial charge on any atom is 0.387 e. The summed E-state index contributed by atoms with van der Waals surface area (Å²) in [5.74, 6) is -0.324. The quantitative estimate of drug-likeness (QED) is 0.916. The lowest BCUT2D eigenvalue weighted by atomic mass is 10.3. The number of aryl methyl sites for hydroxylation is 1. The van der Waals surface area contributed by atoms with Crippen LogP contribution in [0.5, 0.6) is 5.75 Å². The van der Waals surface area contributed by atoms with Crippen molar-refractivity contribution in [3.05, 3.63) is 15.8 Å². The average molecular weight is 276 g/mol. The monoisotopic (exact) mass is 276 g/mol. The lowest BCUT2D eigenvalue weighted by molar-refractivity contribution is -0.0499. The summed E-state index contributed by atoms with van der Waals surface area (Å²) in [5.41, 5.74) is 5.72. The van der Waals surface area contributed by atoms with Gasteiger partial charge in [0.15, 0.2) is 0 Å². The maximum absolute atomic E-state index is 12.2. The first-order valence-corrected chi connectivity index (χ1v) is 6.39. The van der Waals surface area contributed by atoms with Crippen LogP contribution in [-0.4, -0.2) is 36.5 Å². The number of likely N-dealkylation sites (tertiary alicyclic amines) is 1. The zero-order chi connectivity index (χ0) is 13.3. The number of ether oxygens (including phenoxy) is 1. The van der Waals surface area contributed by atoms with Crippen LogP contribution in [-0.2, 0) is 0 Å². The number of carbonyl (C=O) groups excluding carboxylic acids is 1. The number of hydrogen-bond acceptors (Lipinski definition) is 4. The van der Waals surface area contributed by atoms with E-state index in [2.05, 4.69) is 4.74 Å². The Morgan fingerprint density at radius 2 is 2.39 bits per heavy atom. The van der Waals surface area contributed by atoms with E-state index in [0.29, 0.717) is 13.1 Å². The molecular weight excluding hydrogens is 262 g/mol. The van der Waals surface area contributed by atoms with Crippen LogP contribution in [0.15, 0.2) is 6.07 Å². The van der Waals surface area contributed by atoms with Crippen molar-refractivity contribution in [1.29, 1.82) is 0 Å². The predicted octanol–water partition coefficient (Wildman–Crippen LogP) is 1.83. The molecule has 0 aromatic carbocycles. The third-order valence-corrected chi connectivity index (χ3v) is 3.76. The molecule has 2 rings (SSSR count). The van der Waals surface area contributed by atoms with Gasteiger partial charge in [-0.15, -0.1) is 11.3 Å². The van der Waals surface area contributed by atoms with E-state index in [1.807, 2.05) is 0 Å². The smallest absolute Gasteiger partial charge is 0.387 e. The van der Waals surface area contributed by atoms with E-state index in [0.717, 1.165) is 22.6 Å². The van der Waals surface area contributed by atoms with Crippen molar-refractivity contribution in [2.45, 2.75) is 26.0 Å².